The third-order valence-electron chi connectivity index (χ3n) is 8.18. The monoisotopic (exact) mass is 513 g/mol. The van der Waals surface area contributed by atoms with Gasteiger partial charge in [-0.05, 0) is 57.0 Å². The van der Waals surface area contributed by atoms with E-state index in [0.29, 0.717) is 25.0 Å². The predicted octanol–water partition coefficient (Wildman–Crippen LogP) is 3.40. The fraction of sp³-hybridized carbons (Fsp3) is 0.448. The lowest BCUT2D eigenvalue weighted by Crippen LogP contribution is -2.54. The number of aromatic nitrogens is 3. The van der Waals surface area contributed by atoms with Crippen molar-refractivity contribution in [3.05, 3.63) is 53.9 Å². The molecule has 9 heteroatoms. The van der Waals surface area contributed by atoms with E-state index in [-0.39, 0.29) is 23.7 Å². The number of rotatable bonds is 4. The lowest BCUT2D eigenvalue weighted by atomic mass is 10.0. The molecule has 3 heterocycles. The van der Waals surface area contributed by atoms with Gasteiger partial charge in [0.05, 0.1) is 17.1 Å². The molecule has 9 nitrogen and oxygen atoms in total. The summed E-state index contributed by atoms with van der Waals surface area (Å²) < 4.78 is 1.78. The highest BCUT2D eigenvalue weighted by molar-refractivity contribution is 6.05. The molecule has 1 aromatic heterocycles. The molecule has 1 atom stereocenters. The fourth-order valence-electron chi connectivity index (χ4n) is 6.04. The summed E-state index contributed by atoms with van der Waals surface area (Å²) in [5, 5.41) is 8.02. The van der Waals surface area contributed by atoms with Gasteiger partial charge in [-0.1, -0.05) is 30.5 Å². The molecule has 1 saturated carbocycles. The SMILES string of the molecule is Cc1ccc(-n2nc(C(=O)N3CCNCC3)nc2-c2ccc3c(c2)N(C2CCCC2)[C@@H](C)C(=O)N3C)cc1. The molecular formula is C29H35N7O2. The van der Waals surface area contributed by atoms with Crippen LogP contribution in [0.5, 0.6) is 0 Å². The maximum atomic E-state index is 13.4. The van der Waals surface area contributed by atoms with Crippen molar-refractivity contribution in [3.8, 4) is 17.1 Å². The van der Waals surface area contributed by atoms with Crippen molar-refractivity contribution in [1.29, 1.82) is 0 Å². The third-order valence-corrected chi connectivity index (χ3v) is 8.18. The highest BCUT2D eigenvalue weighted by Gasteiger charge is 2.38. The number of nitrogens with one attached hydrogen (secondary N) is 1. The Hall–Kier alpha value is -3.72. The Labute approximate surface area is 223 Å². The standard InChI is InChI=1S/C29H35N7O2/c1-19-8-11-23(12-9-19)36-27(31-26(32-36)29(38)34-16-14-30-15-17-34)21-10-13-24-25(18-21)35(22-6-4-5-7-22)20(2)28(37)33(24)3/h8-13,18,20,22,30H,4-7,14-17H2,1-3H3/t20-/m0/s1. The average Bonchev–Trinajstić information content (AvgIpc) is 3.63. The zero-order valence-corrected chi connectivity index (χ0v) is 22.4. The molecule has 2 aromatic carbocycles. The molecule has 3 aromatic rings. The number of carbonyl (C=O) groups is 2. The van der Waals surface area contributed by atoms with Gasteiger partial charge in [0.1, 0.15) is 6.04 Å². The largest absolute Gasteiger partial charge is 0.355 e. The highest BCUT2D eigenvalue weighted by atomic mass is 16.2. The Bertz CT molecular complexity index is 1350. The van der Waals surface area contributed by atoms with Gasteiger partial charge in [0, 0.05) is 44.8 Å². The molecule has 0 radical (unpaired) electrons. The minimum Gasteiger partial charge on any atom is -0.355 e. The molecule has 38 heavy (non-hydrogen) atoms. The van der Waals surface area contributed by atoms with E-state index in [4.69, 9.17) is 10.1 Å². The van der Waals surface area contributed by atoms with Crippen LogP contribution >= 0.6 is 0 Å². The Kier molecular flexibility index (Phi) is 6.39. The van der Waals surface area contributed by atoms with Crippen molar-refractivity contribution in [2.24, 2.45) is 0 Å². The number of piperazine rings is 1. The van der Waals surface area contributed by atoms with Crippen molar-refractivity contribution in [1.82, 2.24) is 25.0 Å². The lowest BCUT2D eigenvalue weighted by molar-refractivity contribution is -0.119. The molecule has 0 unspecified atom stereocenters. The number of carbonyl (C=O) groups excluding carboxylic acids is 2. The van der Waals surface area contributed by atoms with Gasteiger partial charge in [-0.15, -0.1) is 5.10 Å². The number of fused-ring (bicyclic) bond motifs is 1. The molecule has 0 bridgehead atoms. The molecule has 2 aliphatic heterocycles. The van der Waals surface area contributed by atoms with E-state index < -0.39 is 0 Å². The first-order valence-corrected chi connectivity index (χ1v) is 13.7. The van der Waals surface area contributed by atoms with Crippen LogP contribution in [0.4, 0.5) is 11.4 Å². The number of anilines is 2. The van der Waals surface area contributed by atoms with Crippen molar-refractivity contribution in [3.63, 3.8) is 0 Å². The van der Waals surface area contributed by atoms with Crippen LogP contribution in [0.25, 0.3) is 17.1 Å². The maximum Gasteiger partial charge on any atom is 0.293 e. The summed E-state index contributed by atoms with van der Waals surface area (Å²) in [5.41, 5.74) is 4.81. The van der Waals surface area contributed by atoms with Gasteiger partial charge in [-0.2, -0.15) is 0 Å². The quantitative estimate of drug-likeness (QED) is 0.576. The number of benzene rings is 2. The van der Waals surface area contributed by atoms with Crippen molar-refractivity contribution in [2.75, 3.05) is 43.0 Å². The van der Waals surface area contributed by atoms with Gasteiger partial charge >= 0.3 is 0 Å². The number of aryl methyl sites for hydroxylation is 1. The molecule has 2 amide bonds. The topological polar surface area (TPSA) is 86.6 Å². The van der Waals surface area contributed by atoms with Crippen molar-refractivity contribution < 1.29 is 9.59 Å². The molecule has 6 rings (SSSR count). The zero-order chi connectivity index (χ0) is 26.4. The van der Waals surface area contributed by atoms with Gasteiger partial charge < -0.3 is 20.0 Å². The molecule has 3 aliphatic rings. The first-order valence-electron chi connectivity index (χ1n) is 13.7. The number of hydrogen-bond acceptors (Lipinski definition) is 6. The third kappa shape index (κ3) is 4.24. The number of hydrogen-bond donors (Lipinski definition) is 1. The van der Waals surface area contributed by atoms with Crippen LogP contribution in [-0.4, -0.2) is 76.8 Å². The minimum absolute atomic E-state index is 0.115. The van der Waals surface area contributed by atoms with Crippen LogP contribution in [0.15, 0.2) is 42.5 Å². The molecule has 0 spiro atoms. The summed E-state index contributed by atoms with van der Waals surface area (Å²) in [4.78, 5) is 37.2. The first-order chi connectivity index (χ1) is 18.4. The average molecular weight is 514 g/mol. The predicted molar refractivity (Wildman–Crippen MR) is 148 cm³/mol. The van der Waals surface area contributed by atoms with E-state index in [1.54, 1.807) is 9.58 Å². The van der Waals surface area contributed by atoms with E-state index in [9.17, 15) is 9.59 Å². The van der Waals surface area contributed by atoms with E-state index in [1.165, 1.54) is 12.8 Å². The van der Waals surface area contributed by atoms with Gasteiger partial charge in [0.25, 0.3) is 5.91 Å². The summed E-state index contributed by atoms with van der Waals surface area (Å²) >= 11 is 0. The van der Waals surface area contributed by atoms with Crippen LogP contribution in [0, 0.1) is 6.92 Å². The van der Waals surface area contributed by atoms with Crippen LogP contribution in [0.2, 0.25) is 0 Å². The van der Waals surface area contributed by atoms with E-state index in [0.717, 1.165) is 54.1 Å². The van der Waals surface area contributed by atoms with Crippen molar-refractivity contribution in [2.45, 2.75) is 51.6 Å². The van der Waals surface area contributed by atoms with Crippen LogP contribution in [0.1, 0.15) is 48.8 Å². The van der Waals surface area contributed by atoms with Gasteiger partial charge in [-0.25, -0.2) is 9.67 Å². The fourth-order valence-corrected chi connectivity index (χ4v) is 6.04. The van der Waals surface area contributed by atoms with Gasteiger partial charge in [-0.3, -0.25) is 9.59 Å². The van der Waals surface area contributed by atoms with Crippen LogP contribution in [0.3, 0.4) is 0 Å². The molecular weight excluding hydrogens is 478 g/mol. The highest BCUT2D eigenvalue weighted by Crippen LogP contribution is 2.42. The summed E-state index contributed by atoms with van der Waals surface area (Å²) in [5.74, 6) is 0.786. The Morgan fingerprint density at radius 3 is 2.42 bits per heavy atom. The Morgan fingerprint density at radius 2 is 1.71 bits per heavy atom. The summed E-state index contributed by atoms with van der Waals surface area (Å²) in [6.07, 6.45) is 4.56. The summed E-state index contributed by atoms with van der Waals surface area (Å²) in [6, 6.07) is 14.3. The minimum atomic E-state index is -0.231. The molecule has 1 N–H and O–H groups in total. The van der Waals surface area contributed by atoms with E-state index in [2.05, 4.69) is 16.3 Å². The molecule has 1 saturated heterocycles. The first kappa shape index (κ1) is 24.6. The summed E-state index contributed by atoms with van der Waals surface area (Å²) in [6.45, 7) is 6.87. The maximum absolute atomic E-state index is 13.4. The lowest BCUT2D eigenvalue weighted by Gasteiger charge is -2.43. The number of amides is 2. The second-order valence-corrected chi connectivity index (χ2v) is 10.7. The van der Waals surface area contributed by atoms with Gasteiger partial charge in [0.15, 0.2) is 5.82 Å². The van der Waals surface area contributed by atoms with Crippen LogP contribution < -0.4 is 15.1 Å². The van der Waals surface area contributed by atoms with E-state index >= 15 is 0 Å². The molecule has 1 aliphatic carbocycles. The molecule has 198 valence electrons. The number of nitrogens with zero attached hydrogens (tertiary/aromatic N) is 6. The second-order valence-electron chi connectivity index (χ2n) is 10.7. The number of likely N-dealkylation sites (N-methyl/N-ethyl adjacent to an activating group) is 1. The van der Waals surface area contributed by atoms with E-state index in [1.807, 2.05) is 62.2 Å². The Balaban J connectivity index is 1.47. The zero-order valence-electron chi connectivity index (χ0n) is 22.4. The van der Waals surface area contributed by atoms with Gasteiger partial charge in [0.2, 0.25) is 11.7 Å². The smallest absolute Gasteiger partial charge is 0.293 e. The summed E-state index contributed by atoms with van der Waals surface area (Å²) in [7, 11) is 1.85. The second kappa shape index (κ2) is 9.87. The van der Waals surface area contributed by atoms with Crippen molar-refractivity contribution >= 4 is 23.2 Å². The Morgan fingerprint density at radius 1 is 1.00 bits per heavy atom. The van der Waals surface area contributed by atoms with Crippen LogP contribution in [-0.2, 0) is 4.79 Å². The normalized spacial score (nSPS) is 20.2. The molecule has 2 fully saturated rings.